The van der Waals surface area contributed by atoms with Crippen molar-refractivity contribution in [1.29, 1.82) is 0 Å². The van der Waals surface area contributed by atoms with Crippen LogP contribution >= 0.6 is 11.6 Å². The molecule has 37 heavy (non-hydrogen) atoms. The molecule has 2 N–H and O–H groups in total. The van der Waals surface area contributed by atoms with Gasteiger partial charge in [0.2, 0.25) is 5.43 Å². The molecule has 2 aromatic carbocycles. The van der Waals surface area contributed by atoms with Crippen molar-refractivity contribution in [3.8, 4) is 5.75 Å². The smallest absolute Gasteiger partial charge is 0.341 e. The van der Waals surface area contributed by atoms with Crippen molar-refractivity contribution in [2.24, 2.45) is 5.92 Å². The number of carbonyl (C=O) groups is 1. The van der Waals surface area contributed by atoms with Gasteiger partial charge in [-0.25, -0.2) is 9.18 Å². The van der Waals surface area contributed by atoms with E-state index in [0.29, 0.717) is 28.1 Å². The Hall–Kier alpha value is -3.75. The molecule has 0 radical (unpaired) electrons. The van der Waals surface area contributed by atoms with Gasteiger partial charge in [0, 0.05) is 30.3 Å². The molecule has 0 unspecified atom stereocenters. The molecule has 192 valence electrons. The second kappa shape index (κ2) is 11.1. The standard InChI is InChI=1S/C28H26ClFN2O5/c1-16(2)24(14-33)32-13-21(28(35)36)27(34)20-11-18(10-17-6-5-8-22(29)26(17)30)25(12-23(20)32)37-15-19-7-3-4-9-31-19/h3-9,11-13,16,24,33H,10,14-15H2,1-2H3,(H,35,36)/t24-/m1/s1. The van der Waals surface area contributed by atoms with E-state index in [1.165, 1.54) is 18.3 Å². The molecule has 2 heterocycles. The highest BCUT2D eigenvalue weighted by Gasteiger charge is 2.23. The van der Waals surface area contributed by atoms with Crippen LogP contribution in [0.25, 0.3) is 10.9 Å². The van der Waals surface area contributed by atoms with Gasteiger partial charge in [-0.2, -0.15) is 0 Å². The molecule has 0 aliphatic heterocycles. The zero-order chi connectivity index (χ0) is 26.7. The molecular weight excluding hydrogens is 499 g/mol. The minimum Gasteiger partial charge on any atom is -0.487 e. The predicted octanol–water partition coefficient (Wildman–Crippen LogP) is 5.25. The predicted molar refractivity (Wildman–Crippen MR) is 139 cm³/mol. The van der Waals surface area contributed by atoms with Crippen LogP contribution in [0.4, 0.5) is 4.39 Å². The van der Waals surface area contributed by atoms with Crippen LogP contribution in [0.3, 0.4) is 0 Å². The Bertz CT molecular complexity index is 1500. The van der Waals surface area contributed by atoms with Crippen molar-refractivity contribution in [1.82, 2.24) is 9.55 Å². The summed E-state index contributed by atoms with van der Waals surface area (Å²) in [5.74, 6) is -1.67. The molecule has 2 aromatic heterocycles. The summed E-state index contributed by atoms with van der Waals surface area (Å²) in [6, 6.07) is 12.7. The third-order valence-corrected chi connectivity index (χ3v) is 6.56. The fraction of sp³-hybridized carbons (Fsp3) is 0.250. The fourth-order valence-electron chi connectivity index (χ4n) is 4.27. The molecule has 4 rings (SSSR count). The molecule has 7 nitrogen and oxygen atoms in total. The van der Waals surface area contributed by atoms with Crippen LogP contribution in [0.5, 0.6) is 5.75 Å². The molecule has 0 saturated carbocycles. The highest BCUT2D eigenvalue weighted by Crippen LogP contribution is 2.32. The third kappa shape index (κ3) is 5.50. The quantitative estimate of drug-likeness (QED) is 0.310. The number of aliphatic hydroxyl groups is 1. The van der Waals surface area contributed by atoms with E-state index in [2.05, 4.69) is 4.98 Å². The first kappa shape index (κ1) is 26.3. The number of aliphatic hydroxyl groups excluding tert-OH is 1. The Morgan fingerprint density at radius 1 is 1.16 bits per heavy atom. The summed E-state index contributed by atoms with van der Waals surface area (Å²) < 4.78 is 22.5. The maximum Gasteiger partial charge on any atom is 0.341 e. The number of fused-ring (bicyclic) bond motifs is 1. The van der Waals surface area contributed by atoms with Crippen LogP contribution in [0, 0.1) is 11.7 Å². The van der Waals surface area contributed by atoms with Crippen LogP contribution < -0.4 is 10.2 Å². The topological polar surface area (TPSA) is 102 Å². The molecule has 9 heteroatoms. The Morgan fingerprint density at radius 2 is 1.95 bits per heavy atom. The molecule has 4 aromatic rings. The summed E-state index contributed by atoms with van der Waals surface area (Å²) >= 11 is 5.98. The SMILES string of the molecule is CC(C)[C@@H](CO)n1cc(C(=O)O)c(=O)c2cc(Cc3cccc(Cl)c3F)c(OCc3ccccn3)cc21. The first-order valence-electron chi connectivity index (χ1n) is 11.7. The van der Waals surface area contributed by atoms with Gasteiger partial charge in [0.25, 0.3) is 0 Å². The fourth-order valence-corrected chi connectivity index (χ4v) is 4.46. The molecule has 0 aliphatic rings. The summed E-state index contributed by atoms with van der Waals surface area (Å²) in [4.78, 5) is 29.4. The normalized spacial score (nSPS) is 12.2. The number of pyridine rings is 2. The number of ether oxygens (including phenoxy) is 1. The average molecular weight is 525 g/mol. The van der Waals surface area contributed by atoms with Crippen molar-refractivity contribution in [3.05, 3.63) is 104 Å². The summed E-state index contributed by atoms with van der Waals surface area (Å²) in [5, 5.41) is 19.9. The molecule has 0 saturated heterocycles. The third-order valence-electron chi connectivity index (χ3n) is 6.27. The first-order chi connectivity index (χ1) is 17.7. The van der Waals surface area contributed by atoms with E-state index >= 15 is 0 Å². The Balaban J connectivity index is 1.96. The van der Waals surface area contributed by atoms with E-state index in [4.69, 9.17) is 16.3 Å². The number of hydrogen-bond donors (Lipinski definition) is 2. The van der Waals surface area contributed by atoms with Crippen LogP contribution in [-0.4, -0.2) is 32.3 Å². The zero-order valence-corrected chi connectivity index (χ0v) is 21.1. The molecule has 0 amide bonds. The van der Waals surface area contributed by atoms with Gasteiger partial charge in [0.1, 0.15) is 23.7 Å². The minimum absolute atomic E-state index is 0.0347. The van der Waals surface area contributed by atoms with Crippen LogP contribution in [0.15, 0.2) is 65.7 Å². The maximum atomic E-state index is 14.8. The van der Waals surface area contributed by atoms with Crippen LogP contribution in [0.1, 0.15) is 47.1 Å². The van der Waals surface area contributed by atoms with Gasteiger partial charge in [-0.15, -0.1) is 0 Å². The first-order valence-corrected chi connectivity index (χ1v) is 12.1. The summed E-state index contributed by atoms with van der Waals surface area (Å²) in [6.07, 6.45) is 2.94. The number of hydrogen-bond acceptors (Lipinski definition) is 5. The van der Waals surface area contributed by atoms with E-state index < -0.39 is 28.8 Å². The lowest BCUT2D eigenvalue weighted by Gasteiger charge is -2.25. The summed E-state index contributed by atoms with van der Waals surface area (Å²) in [7, 11) is 0. The van der Waals surface area contributed by atoms with Crippen molar-refractivity contribution >= 4 is 28.5 Å². The van der Waals surface area contributed by atoms with Gasteiger partial charge in [-0.05, 0) is 41.3 Å². The second-order valence-corrected chi connectivity index (χ2v) is 9.46. The lowest BCUT2D eigenvalue weighted by atomic mass is 9.98. The van der Waals surface area contributed by atoms with Gasteiger partial charge >= 0.3 is 5.97 Å². The second-order valence-electron chi connectivity index (χ2n) is 9.05. The number of aromatic nitrogens is 2. The molecule has 0 aliphatic carbocycles. The highest BCUT2D eigenvalue weighted by molar-refractivity contribution is 6.30. The van der Waals surface area contributed by atoms with Gasteiger partial charge in [-0.1, -0.05) is 43.6 Å². The highest BCUT2D eigenvalue weighted by atomic mass is 35.5. The molecule has 1 atom stereocenters. The Labute approximate surface area is 217 Å². The van der Waals surface area contributed by atoms with Crippen LogP contribution in [-0.2, 0) is 13.0 Å². The number of carboxylic acid groups (broad SMARTS) is 1. The van der Waals surface area contributed by atoms with Gasteiger partial charge < -0.3 is 19.5 Å². The van der Waals surface area contributed by atoms with E-state index in [9.17, 15) is 24.2 Å². The monoisotopic (exact) mass is 524 g/mol. The van der Waals surface area contributed by atoms with Gasteiger partial charge in [0.05, 0.1) is 28.9 Å². The number of rotatable bonds is 9. The summed E-state index contributed by atoms with van der Waals surface area (Å²) in [5.41, 5.74) is 0.725. The van der Waals surface area contributed by atoms with E-state index in [1.807, 2.05) is 19.9 Å². The van der Waals surface area contributed by atoms with Crippen molar-refractivity contribution in [2.45, 2.75) is 32.9 Å². The molecule has 0 bridgehead atoms. The van der Waals surface area contributed by atoms with Crippen LogP contribution in [0.2, 0.25) is 5.02 Å². The number of halogens is 2. The Kier molecular flexibility index (Phi) is 7.90. The zero-order valence-electron chi connectivity index (χ0n) is 20.3. The lowest BCUT2D eigenvalue weighted by Crippen LogP contribution is -2.25. The van der Waals surface area contributed by atoms with Gasteiger partial charge in [0.15, 0.2) is 0 Å². The average Bonchev–Trinajstić information content (AvgIpc) is 2.87. The number of benzene rings is 2. The molecule has 0 spiro atoms. The van der Waals surface area contributed by atoms with E-state index in [1.54, 1.807) is 41.1 Å². The van der Waals surface area contributed by atoms with Gasteiger partial charge in [-0.3, -0.25) is 9.78 Å². The molecule has 0 fully saturated rings. The largest absolute Gasteiger partial charge is 0.487 e. The maximum absolute atomic E-state index is 14.8. The van der Waals surface area contributed by atoms with Crippen molar-refractivity contribution < 1.29 is 24.1 Å². The van der Waals surface area contributed by atoms with Crippen molar-refractivity contribution in [3.63, 3.8) is 0 Å². The summed E-state index contributed by atoms with van der Waals surface area (Å²) in [6.45, 7) is 3.62. The van der Waals surface area contributed by atoms with E-state index in [-0.39, 0.29) is 36.0 Å². The lowest BCUT2D eigenvalue weighted by molar-refractivity contribution is 0.0694. The van der Waals surface area contributed by atoms with E-state index in [0.717, 1.165) is 0 Å². The number of carboxylic acids is 1. The van der Waals surface area contributed by atoms with Crippen molar-refractivity contribution in [2.75, 3.05) is 6.61 Å². The Morgan fingerprint density at radius 3 is 2.59 bits per heavy atom. The number of nitrogens with zero attached hydrogens (tertiary/aromatic N) is 2. The number of aromatic carboxylic acids is 1. The molecular formula is C28H26ClFN2O5. The minimum atomic E-state index is -1.38.